The molecule has 0 saturated carbocycles. The molecule has 0 spiro atoms. The van der Waals surface area contributed by atoms with Gasteiger partial charge in [-0.25, -0.2) is 19.7 Å². The third-order valence-electron chi connectivity index (χ3n) is 3.07. The topological polar surface area (TPSA) is 171 Å². The van der Waals surface area contributed by atoms with E-state index >= 15 is 0 Å². The van der Waals surface area contributed by atoms with Crippen molar-refractivity contribution in [3.63, 3.8) is 0 Å². The summed E-state index contributed by atoms with van der Waals surface area (Å²) in [5.41, 5.74) is 0.428. The van der Waals surface area contributed by atoms with Gasteiger partial charge in [-0.1, -0.05) is 15.9 Å². The fraction of sp³-hybridized carbons (Fsp3) is 0.0526. The number of hydrogen-bond acceptors (Lipinski definition) is 9. The molecular formula is C19H15BrClN3O7. The first kappa shape index (κ1) is 25.5. The van der Waals surface area contributed by atoms with Crippen LogP contribution in [0.3, 0.4) is 0 Å². The number of halogens is 2. The lowest BCUT2D eigenvalue weighted by molar-refractivity contribution is 0.0690. The van der Waals surface area contributed by atoms with Gasteiger partial charge in [0.25, 0.3) is 5.24 Å². The number of Topliss-reactive ketones (excluding diaryl/α,β-unsaturated/α-hetero) is 1. The lowest BCUT2D eigenvalue weighted by Crippen LogP contribution is -2.01. The van der Waals surface area contributed by atoms with Crippen LogP contribution in [0.25, 0.3) is 0 Å². The van der Waals surface area contributed by atoms with Gasteiger partial charge >= 0.3 is 5.97 Å². The van der Waals surface area contributed by atoms with Crippen LogP contribution in [-0.2, 0) is 0 Å². The third-order valence-corrected chi connectivity index (χ3v) is 3.77. The predicted molar refractivity (Wildman–Crippen MR) is 113 cm³/mol. The van der Waals surface area contributed by atoms with Crippen molar-refractivity contribution >= 4 is 44.5 Å². The van der Waals surface area contributed by atoms with E-state index in [0.29, 0.717) is 5.69 Å². The summed E-state index contributed by atoms with van der Waals surface area (Å²) >= 11 is 8.09. The highest BCUT2D eigenvalue weighted by Gasteiger charge is 2.04. The van der Waals surface area contributed by atoms with Crippen LogP contribution in [0.4, 0.5) is 0 Å². The van der Waals surface area contributed by atoms with Crippen molar-refractivity contribution in [2.45, 2.75) is 0 Å². The molecule has 0 amide bonds. The van der Waals surface area contributed by atoms with Crippen LogP contribution >= 0.6 is 27.5 Å². The lowest BCUT2D eigenvalue weighted by Gasteiger charge is -1.94. The minimum absolute atomic E-state index is 0.0154. The Labute approximate surface area is 189 Å². The Balaban J connectivity index is 0.000000233. The molecule has 3 aromatic heterocycles. The Morgan fingerprint density at radius 1 is 0.742 bits per heavy atom. The Morgan fingerprint density at radius 2 is 1.13 bits per heavy atom. The second-order valence-electron chi connectivity index (χ2n) is 5.34. The zero-order valence-corrected chi connectivity index (χ0v) is 17.9. The summed E-state index contributed by atoms with van der Waals surface area (Å²) < 4.78 is 0. The van der Waals surface area contributed by atoms with Gasteiger partial charge in [-0.3, -0.25) is 9.59 Å². The summed E-state index contributed by atoms with van der Waals surface area (Å²) in [6.45, 7) is 0. The first-order valence-corrected chi connectivity index (χ1v) is 9.61. The summed E-state index contributed by atoms with van der Waals surface area (Å²) in [5.74, 6) is -1.15. The zero-order valence-electron chi connectivity index (χ0n) is 15.5. The van der Waals surface area contributed by atoms with Crippen LogP contribution in [0.2, 0.25) is 0 Å². The van der Waals surface area contributed by atoms with Gasteiger partial charge in [0.15, 0.2) is 5.78 Å². The van der Waals surface area contributed by atoms with Crippen molar-refractivity contribution < 1.29 is 34.8 Å². The molecule has 3 aromatic rings. The van der Waals surface area contributed by atoms with Crippen molar-refractivity contribution in [1.29, 1.82) is 0 Å². The molecule has 0 unspecified atom stereocenters. The molecule has 3 heterocycles. The average Bonchev–Trinajstić information content (AvgIpc) is 2.75. The maximum atomic E-state index is 10.9. The van der Waals surface area contributed by atoms with E-state index in [9.17, 15) is 14.4 Å². The number of hydrogen-bond donors (Lipinski definition) is 4. The fourth-order valence-electron chi connectivity index (χ4n) is 1.63. The molecule has 0 aromatic carbocycles. The Bertz CT molecular complexity index is 959. The van der Waals surface area contributed by atoms with Crippen LogP contribution in [0.5, 0.6) is 17.2 Å². The van der Waals surface area contributed by atoms with Gasteiger partial charge in [0.05, 0.1) is 23.9 Å². The van der Waals surface area contributed by atoms with Gasteiger partial charge in [0, 0.05) is 0 Å². The SMILES string of the molecule is O=C(CBr)c1ccc(O)cn1.O=C(Cl)c1ccc(O)cn1.O=C(O)c1ccc(O)cn1. The molecule has 31 heavy (non-hydrogen) atoms. The summed E-state index contributed by atoms with van der Waals surface area (Å²) in [6.07, 6.45) is 3.50. The number of rotatable bonds is 4. The largest absolute Gasteiger partial charge is 0.506 e. The van der Waals surface area contributed by atoms with Crippen molar-refractivity contribution in [2.24, 2.45) is 0 Å². The second kappa shape index (κ2) is 12.9. The summed E-state index contributed by atoms with van der Waals surface area (Å²) in [6, 6.07) is 8.13. The highest BCUT2D eigenvalue weighted by molar-refractivity contribution is 9.09. The number of carbonyl (C=O) groups is 3. The molecule has 0 aliphatic rings. The molecule has 0 saturated heterocycles. The number of carboxylic acid groups (broad SMARTS) is 1. The number of carbonyl (C=O) groups excluding carboxylic acids is 2. The number of alkyl halides is 1. The minimum Gasteiger partial charge on any atom is -0.506 e. The number of aromatic carboxylic acids is 1. The number of pyridine rings is 3. The van der Waals surface area contributed by atoms with E-state index in [1.165, 1.54) is 42.6 Å². The predicted octanol–water partition coefficient (Wildman–Crippen LogP) is 3.02. The van der Waals surface area contributed by atoms with Gasteiger partial charge in [0.2, 0.25) is 0 Å². The van der Waals surface area contributed by atoms with E-state index in [2.05, 4.69) is 30.9 Å². The number of aromatic nitrogens is 3. The van der Waals surface area contributed by atoms with Crippen molar-refractivity contribution in [2.75, 3.05) is 5.33 Å². The number of carboxylic acids is 1. The molecule has 0 radical (unpaired) electrons. The van der Waals surface area contributed by atoms with Gasteiger partial charge in [0.1, 0.15) is 34.3 Å². The van der Waals surface area contributed by atoms with E-state index in [1.807, 2.05) is 0 Å². The van der Waals surface area contributed by atoms with Crippen LogP contribution < -0.4 is 0 Å². The standard InChI is InChI=1S/C7H6BrNO2.C6H4ClNO2.C6H5NO3/c8-3-7(11)6-2-1-5(10)4-9-6;7-6(10)5-2-1-4(9)3-8-5;8-4-1-2-5(6(9)10)7-3-4/h1-2,4,10H,3H2;1-3,9H;1-3,8H,(H,9,10). The normalized spacial score (nSPS) is 9.35. The average molecular weight is 513 g/mol. The first-order chi connectivity index (χ1) is 14.6. The monoisotopic (exact) mass is 511 g/mol. The highest BCUT2D eigenvalue weighted by atomic mass is 79.9. The molecule has 0 fully saturated rings. The van der Waals surface area contributed by atoms with E-state index in [4.69, 9.17) is 32.0 Å². The minimum atomic E-state index is -1.10. The summed E-state index contributed by atoms with van der Waals surface area (Å²) in [7, 11) is 0. The number of aromatic hydroxyl groups is 3. The van der Waals surface area contributed by atoms with Crippen LogP contribution in [-0.4, -0.2) is 57.7 Å². The van der Waals surface area contributed by atoms with Gasteiger partial charge in [-0.05, 0) is 48.0 Å². The van der Waals surface area contributed by atoms with Gasteiger partial charge in [-0.15, -0.1) is 0 Å². The molecule has 3 rings (SSSR count). The molecule has 0 aliphatic heterocycles. The zero-order chi connectivity index (χ0) is 23.4. The summed E-state index contributed by atoms with van der Waals surface area (Å²) in [5, 5.41) is 34.2. The van der Waals surface area contributed by atoms with Crippen LogP contribution in [0.1, 0.15) is 31.5 Å². The maximum absolute atomic E-state index is 10.9. The quantitative estimate of drug-likeness (QED) is 0.231. The van der Waals surface area contributed by atoms with Gasteiger partial charge < -0.3 is 20.4 Å². The Morgan fingerprint density at radius 3 is 1.42 bits per heavy atom. The van der Waals surface area contributed by atoms with E-state index < -0.39 is 11.2 Å². The second-order valence-corrected chi connectivity index (χ2v) is 6.24. The smallest absolute Gasteiger partial charge is 0.354 e. The molecule has 0 aliphatic carbocycles. The maximum Gasteiger partial charge on any atom is 0.354 e. The molecule has 0 atom stereocenters. The highest BCUT2D eigenvalue weighted by Crippen LogP contribution is 2.08. The molecule has 10 nitrogen and oxygen atoms in total. The van der Waals surface area contributed by atoms with Crippen LogP contribution in [0.15, 0.2) is 55.0 Å². The molecule has 12 heteroatoms. The van der Waals surface area contributed by atoms with E-state index in [0.717, 1.165) is 12.4 Å². The molecular weight excluding hydrogens is 498 g/mol. The molecule has 4 N–H and O–H groups in total. The Hall–Kier alpha value is -3.57. The molecule has 162 valence electrons. The fourth-order valence-corrected chi connectivity index (χ4v) is 2.03. The number of ketones is 1. The van der Waals surface area contributed by atoms with Crippen molar-refractivity contribution in [3.05, 3.63) is 72.1 Å². The first-order valence-electron chi connectivity index (χ1n) is 8.11. The van der Waals surface area contributed by atoms with Crippen molar-refractivity contribution in [1.82, 2.24) is 15.0 Å². The van der Waals surface area contributed by atoms with Crippen molar-refractivity contribution in [3.8, 4) is 17.2 Å². The molecule has 0 bridgehead atoms. The Kier molecular flexibility index (Phi) is 10.6. The summed E-state index contributed by atoms with van der Waals surface area (Å²) in [4.78, 5) is 42.2. The van der Waals surface area contributed by atoms with Gasteiger partial charge in [-0.2, -0.15) is 0 Å². The van der Waals surface area contributed by atoms with E-state index in [-0.39, 0.29) is 39.7 Å². The van der Waals surface area contributed by atoms with E-state index in [1.54, 1.807) is 0 Å². The van der Waals surface area contributed by atoms with Crippen LogP contribution in [0, 0.1) is 0 Å². The third kappa shape index (κ3) is 9.65. The lowest BCUT2D eigenvalue weighted by atomic mass is 10.3. The number of nitrogens with zero attached hydrogens (tertiary/aromatic N) is 3.